The summed E-state index contributed by atoms with van der Waals surface area (Å²) >= 11 is 0. The molecule has 2 unspecified atom stereocenters. The van der Waals surface area contributed by atoms with E-state index in [1.807, 2.05) is 0 Å². The number of rotatable bonds is 2. The lowest BCUT2D eigenvalue weighted by molar-refractivity contribution is -0.0573. The van der Waals surface area contributed by atoms with Gasteiger partial charge in [-0.1, -0.05) is 30.9 Å². The Morgan fingerprint density at radius 1 is 1.18 bits per heavy atom. The van der Waals surface area contributed by atoms with Crippen LogP contribution in [0.15, 0.2) is 48.3 Å². The lowest BCUT2D eigenvalue weighted by Gasteiger charge is -2.39. The highest BCUT2D eigenvalue weighted by molar-refractivity contribution is 5.55. The van der Waals surface area contributed by atoms with E-state index in [1.54, 1.807) is 0 Å². The smallest absolute Gasteiger partial charge is 0.133 e. The van der Waals surface area contributed by atoms with Crippen LogP contribution in [0, 0.1) is 0 Å². The van der Waals surface area contributed by atoms with Crippen LogP contribution in [0.4, 0.5) is 5.69 Å². The number of nitrogens with zero attached hydrogens (tertiary/aromatic N) is 1. The molecule has 1 fully saturated rings. The average molecular weight is 296 g/mol. The Morgan fingerprint density at radius 3 is 2.95 bits per heavy atom. The summed E-state index contributed by atoms with van der Waals surface area (Å²) in [4.78, 5) is 2.37. The summed E-state index contributed by atoms with van der Waals surface area (Å²) in [7, 11) is 0. The van der Waals surface area contributed by atoms with Crippen molar-refractivity contribution in [2.24, 2.45) is 0 Å². The number of benzene rings is 1. The van der Waals surface area contributed by atoms with Crippen LogP contribution in [0.1, 0.15) is 37.7 Å². The van der Waals surface area contributed by atoms with Crippen LogP contribution in [-0.2, 0) is 11.2 Å². The molecule has 2 atom stereocenters. The van der Waals surface area contributed by atoms with Gasteiger partial charge in [0.05, 0.1) is 6.04 Å². The standard InChI is InChI=1S/C19H24N2O/c1-14-9-12-18(21(14)19-8-4-5-13-22-19)17-11-10-15-6-2-3-7-16(15)20-17/h2-3,6-7,12,17,19-20H,1,4-5,8-11,13H2. The number of hydrogen-bond acceptors (Lipinski definition) is 3. The van der Waals surface area contributed by atoms with E-state index in [9.17, 15) is 0 Å². The molecular formula is C19H24N2O. The van der Waals surface area contributed by atoms with Crippen LogP contribution in [0.5, 0.6) is 0 Å². The van der Waals surface area contributed by atoms with Gasteiger partial charge in [-0.05, 0) is 43.7 Å². The van der Waals surface area contributed by atoms with Gasteiger partial charge >= 0.3 is 0 Å². The molecule has 1 aromatic carbocycles. The fourth-order valence-electron chi connectivity index (χ4n) is 3.87. The molecular weight excluding hydrogens is 272 g/mol. The lowest BCUT2D eigenvalue weighted by Crippen LogP contribution is -2.41. The minimum absolute atomic E-state index is 0.189. The van der Waals surface area contributed by atoms with Crippen molar-refractivity contribution in [3.63, 3.8) is 0 Å². The zero-order valence-corrected chi connectivity index (χ0v) is 13.1. The van der Waals surface area contributed by atoms with Crippen molar-refractivity contribution in [1.29, 1.82) is 0 Å². The second kappa shape index (κ2) is 5.81. The molecule has 116 valence electrons. The van der Waals surface area contributed by atoms with Crippen molar-refractivity contribution in [3.8, 4) is 0 Å². The molecule has 1 saturated heterocycles. The van der Waals surface area contributed by atoms with E-state index in [0.717, 1.165) is 32.3 Å². The van der Waals surface area contributed by atoms with Gasteiger partial charge in [0, 0.05) is 30.1 Å². The number of allylic oxidation sites excluding steroid dienone is 1. The molecule has 3 aliphatic rings. The molecule has 0 spiro atoms. The molecule has 3 nitrogen and oxygen atoms in total. The van der Waals surface area contributed by atoms with Crippen molar-refractivity contribution < 1.29 is 4.74 Å². The summed E-state index contributed by atoms with van der Waals surface area (Å²) in [6, 6.07) is 9.02. The first-order valence-electron chi connectivity index (χ1n) is 8.46. The van der Waals surface area contributed by atoms with Gasteiger partial charge in [-0.2, -0.15) is 0 Å². The van der Waals surface area contributed by atoms with E-state index >= 15 is 0 Å². The monoisotopic (exact) mass is 296 g/mol. The summed E-state index contributed by atoms with van der Waals surface area (Å²) in [5.74, 6) is 0. The SMILES string of the molecule is C=C1CC=C(C2CCc3ccccc3N2)N1C1CCCCO1. The van der Waals surface area contributed by atoms with E-state index in [0.29, 0.717) is 6.04 Å². The molecule has 0 saturated carbocycles. The maximum atomic E-state index is 6.02. The zero-order chi connectivity index (χ0) is 14.9. The molecule has 3 heterocycles. The molecule has 0 aromatic heterocycles. The van der Waals surface area contributed by atoms with Gasteiger partial charge < -0.3 is 15.0 Å². The third-order valence-corrected chi connectivity index (χ3v) is 5.02. The first-order valence-corrected chi connectivity index (χ1v) is 8.46. The van der Waals surface area contributed by atoms with Gasteiger partial charge in [-0.25, -0.2) is 0 Å². The van der Waals surface area contributed by atoms with E-state index in [4.69, 9.17) is 4.74 Å². The van der Waals surface area contributed by atoms with E-state index in [-0.39, 0.29) is 6.23 Å². The van der Waals surface area contributed by atoms with Crippen molar-refractivity contribution in [2.75, 3.05) is 11.9 Å². The minimum Gasteiger partial charge on any atom is -0.377 e. The Hall–Kier alpha value is -1.74. The third kappa shape index (κ3) is 2.44. The van der Waals surface area contributed by atoms with Crippen molar-refractivity contribution in [2.45, 2.75) is 50.8 Å². The number of fused-ring (bicyclic) bond motifs is 1. The average Bonchev–Trinajstić information content (AvgIpc) is 2.97. The van der Waals surface area contributed by atoms with Gasteiger partial charge in [0.2, 0.25) is 0 Å². The molecule has 3 aliphatic heterocycles. The number of anilines is 1. The Balaban J connectivity index is 1.55. The Labute approximate surface area is 132 Å². The van der Waals surface area contributed by atoms with Gasteiger partial charge in [0.1, 0.15) is 6.23 Å². The first-order chi connectivity index (χ1) is 10.8. The normalized spacial score (nSPS) is 28.1. The van der Waals surface area contributed by atoms with Crippen LogP contribution in [0.3, 0.4) is 0 Å². The molecule has 3 heteroatoms. The number of nitrogens with one attached hydrogen (secondary N) is 1. The van der Waals surface area contributed by atoms with Gasteiger partial charge in [-0.15, -0.1) is 0 Å². The summed E-state index contributed by atoms with van der Waals surface area (Å²) < 4.78 is 6.02. The summed E-state index contributed by atoms with van der Waals surface area (Å²) in [6.45, 7) is 5.14. The molecule has 4 rings (SSSR count). The number of aryl methyl sites for hydroxylation is 1. The van der Waals surface area contributed by atoms with Crippen LogP contribution in [-0.4, -0.2) is 23.8 Å². The molecule has 0 amide bonds. The summed E-state index contributed by atoms with van der Waals surface area (Å²) in [5, 5.41) is 3.72. The number of ether oxygens (including phenoxy) is 1. The fourth-order valence-corrected chi connectivity index (χ4v) is 3.87. The van der Waals surface area contributed by atoms with Crippen molar-refractivity contribution in [1.82, 2.24) is 4.90 Å². The van der Waals surface area contributed by atoms with Crippen LogP contribution >= 0.6 is 0 Å². The third-order valence-electron chi connectivity index (χ3n) is 5.02. The predicted octanol–water partition coefficient (Wildman–Crippen LogP) is 4.04. The van der Waals surface area contributed by atoms with Crippen molar-refractivity contribution >= 4 is 5.69 Å². The van der Waals surface area contributed by atoms with Crippen LogP contribution < -0.4 is 5.32 Å². The lowest BCUT2D eigenvalue weighted by atomic mass is 9.96. The molecule has 0 bridgehead atoms. The minimum atomic E-state index is 0.189. The van der Waals surface area contributed by atoms with Gasteiger partial charge in [-0.3, -0.25) is 0 Å². The molecule has 0 radical (unpaired) electrons. The number of para-hydroxylation sites is 1. The largest absolute Gasteiger partial charge is 0.377 e. The predicted molar refractivity (Wildman–Crippen MR) is 89.4 cm³/mol. The molecule has 22 heavy (non-hydrogen) atoms. The highest BCUT2D eigenvalue weighted by Crippen LogP contribution is 2.37. The molecule has 0 aliphatic carbocycles. The van der Waals surface area contributed by atoms with E-state index < -0.39 is 0 Å². The Kier molecular flexibility index (Phi) is 3.67. The molecule has 1 N–H and O–H groups in total. The first kappa shape index (κ1) is 13.9. The highest BCUT2D eigenvalue weighted by atomic mass is 16.5. The fraction of sp³-hybridized carbons (Fsp3) is 0.474. The topological polar surface area (TPSA) is 24.5 Å². The highest BCUT2D eigenvalue weighted by Gasteiger charge is 2.34. The Bertz CT molecular complexity index is 601. The van der Waals surface area contributed by atoms with Gasteiger partial charge in [0.25, 0.3) is 0 Å². The summed E-state index contributed by atoms with van der Waals surface area (Å²) in [6.07, 6.45) is 9.30. The van der Waals surface area contributed by atoms with Crippen molar-refractivity contribution in [3.05, 3.63) is 53.9 Å². The second-order valence-corrected chi connectivity index (χ2v) is 6.48. The Morgan fingerprint density at radius 2 is 2.09 bits per heavy atom. The number of hydrogen-bond donors (Lipinski definition) is 1. The quantitative estimate of drug-likeness (QED) is 0.891. The van der Waals surface area contributed by atoms with Gasteiger partial charge in [0.15, 0.2) is 0 Å². The zero-order valence-electron chi connectivity index (χ0n) is 13.1. The van der Waals surface area contributed by atoms with E-state index in [1.165, 1.54) is 35.5 Å². The van der Waals surface area contributed by atoms with Crippen LogP contribution in [0.2, 0.25) is 0 Å². The summed E-state index contributed by atoms with van der Waals surface area (Å²) in [5.41, 5.74) is 5.26. The van der Waals surface area contributed by atoms with E-state index in [2.05, 4.69) is 47.1 Å². The second-order valence-electron chi connectivity index (χ2n) is 6.48. The maximum absolute atomic E-state index is 6.02. The van der Waals surface area contributed by atoms with Crippen LogP contribution in [0.25, 0.3) is 0 Å². The molecule has 1 aromatic rings. The maximum Gasteiger partial charge on any atom is 0.133 e.